The first-order chi connectivity index (χ1) is 21.1. The standard InChI is InChI=1S/C30H46N4O9S2/c1-30(2,15-7-8-16-32-44(3,38)39)21-33(45(40,41)26-13-11-24(31)12-14-26)18-28(35)27(17-23-9-5-4-6-10-23)34(29(36)37)25-19-42-22-43-20-25/h4-6,9-14,25,27-28,32,35H,7-8,15-22,31H2,1-3H3,(H,36,37)/t27-,28+/m0/s1. The number of ether oxygens (including phenoxy) is 2. The minimum atomic E-state index is -4.17. The summed E-state index contributed by atoms with van der Waals surface area (Å²) in [4.78, 5) is 13.8. The second-order valence-corrected chi connectivity index (χ2v) is 16.0. The number of carboxylic acid groups (broad SMARTS) is 1. The number of hydrogen-bond acceptors (Lipinski definition) is 9. The van der Waals surface area contributed by atoms with E-state index in [1.165, 1.54) is 28.6 Å². The fourth-order valence-electron chi connectivity index (χ4n) is 5.39. The third-order valence-corrected chi connectivity index (χ3v) is 10.2. The molecule has 0 radical (unpaired) electrons. The summed E-state index contributed by atoms with van der Waals surface area (Å²) in [6.45, 7) is 3.86. The zero-order valence-corrected chi connectivity index (χ0v) is 27.7. The molecule has 3 rings (SSSR count). The summed E-state index contributed by atoms with van der Waals surface area (Å²) >= 11 is 0. The van der Waals surface area contributed by atoms with Crippen LogP contribution in [0.15, 0.2) is 59.5 Å². The molecule has 5 N–H and O–H groups in total. The summed E-state index contributed by atoms with van der Waals surface area (Å²) in [6.07, 6.45) is 0.241. The van der Waals surface area contributed by atoms with Gasteiger partial charge in [-0.1, -0.05) is 50.6 Å². The van der Waals surface area contributed by atoms with Crippen molar-refractivity contribution in [2.75, 3.05) is 51.6 Å². The van der Waals surface area contributed by atoms with Crippen LogP contribution in [0.4, 0.5) is 10.5 Å². The largest absolute Gasteiger partial charge is 0.465 e. The number of aliphatic hydroxyl groups excluding tert-OH is 1. The van der Waals surface area contributed by atoms with Gasteiger partial charge < -0.3 is 25.4 Å². The van der Waals surface area contributed by atoms with E-state index in [0.717, 1.165) is 16.7 Å². The molecule has 2 aromatic rings. The molecule has 2 aromatic carbocycles. The summed E-state index contributed by atoms with van der Waals surface area (Å²) < 4.78 is 65.3. The monoisotopic (exact) mass is 670 g/mol. The smallest absolute Gasteiger partial charge is 0.408 e. The predicted molar refractivity (Wildman–Crippen MR) is 170 cm³/mol. The number of carbonyl (C=O) groups is 1. The van der Waals surface area contributed by atoms with Gasteiger partial charge in [-0.3, -0.25) is 4.90 Å². The van der Waals surface area contributed by atoms with Gasteiger partial charge in [-0.2, -0.15) is 4.31 Å². The maximum atomic E-state index is 14.1. The molecule has 0 saturated carbocycles. The quantitative estimate of drug-likeness (QED) is 0.144. The lowest BCUT2D eigenvalue weighted by molar-refractivity contribution is -0.140. The highest BCUT2D eigenvalue weighted by atomic mass is 32.2. The average Bonchev–Trinajstić information content (AvgIpc) is 2.96. The SMILES string of the molecule is CC(C)(CCCCNS(C)(=O)=O)CN(C[C@@H](O)[C@H](Cc1ccccc1)N(C(=O)O)C1COCOC1)S(=O)(=O)c1ccc(N)cc1. The number of amides is 1. The Morgan fingerprint density at radius 1 is 1.04 bits per heavy atom. The number of nitrogen functional groups attached to an aromatic ring is 1. The molecule has 0 bridgehead atoms. The summed E-state index contributed by atoms with van der Waals surface area (Å²) in [5.74, 6) is 0. The Labute approximate surface area is 266 Å². The van der Waals surface area contributed by atoms with Gasteiger partial charge in [0, 0.05) is 25.3 Å². The maximum Gasteiger partial charge on any atom is 0.408 e. The average molecular weight is 671 g/mol. The van der Waals surface area contributed by atoms with E-state index < -0.39 is 49.7 Å². The Bertz CT molecular complexity index is 1430. The zero-order chi connectivity index (χ0) is 33.3. The summed E-state index contributed by atoms with van der Waals surface area (Å²) in [5, 5.41) is 22.1. The van der Waals surface area contributed by atoms with Crippen LogP contribution in [0, 0.1) is 5.41 Å². The van der Waals surface area contributed by atoms with Gasteiger partial charge in [-0.25, -0.2) is 26.4 Å². The first-order valence-electron chi connectivity index (χ1n) is 14.8. The van der Waals surface area contributed by atoms with Crippen LogP contribution in [0.1, 0.15) is 38.7 Å². The molecule has 0 spiro atoms. The fraction of sp³-hybridized carbons (Fsp3) is 0.567. The Morgan fingerprint density at radius 2 is 1.67 bits per heavy atom. The van der Waals surface area contributed by atoms with Crippen molar-refractivity contribution in [1.82, 2.24) is 13.9 Å². The number of sulfonamides is 2. The molecule has 1 amide bonds. The molecule has 2 atom stereocenters. The first-order valence-corrected chi connectivity index (χ1v) is 18.1. The summed E-state index contributed by atoms with van der Waals surface area (Å²) in [7, 11) is -7.48. The minimum Gasteiger partial charge on any atom is -0.465 e. The third-order valence-electron chi connectivity index (χ3n) is 7.65. The van der Waals surface area contributed by atoms with Crippen molar-refractivity contribution in [1.29, 1.82) is 0 Å². The van der Waals surface area contributed by atoms with Crippen LogP contribution in [0.5, 0.6) is 0 Å². The van der Waals surface area contributed by atoms with E-state index in [-0.39, 0.29) is 51.0 Å². The van der Waals surface area contributed by atoms with Gasteiger partial charge >= 0.3 is 6.09 Å². The van der Waals surface area contributed by atoms with Gasteiger partial charge in [0.1, 0.15) is 6.79 Å². The number of rotatable bonds is 17. The number of aliphatic hydroxyl groups is 1. The van der Waals surface area contributed by atoms with Gasteiger partial charge in [-0.15, -0.1) is 0 Å². The van der Waals surface area contributed by atoms with Crippen LogP contribution in [0.25, 0.3) is 0 Å². The number of nitrogens with two attached hydrogens (primary N) is 1. The lowest BCUT2D eigenvalue weighted by atomic mass is 9.87. The van der Waals surface area contributed by atoms with Crippen molar-refractivity contribution in [3.8, 4) is 0 Å². The number of hydrogen-bond donors (Lipinski definition) is 4. The number of unbranched alkanes of at least 4 members (excludes halogenated alkanes) is 1. The van der Waals surface area contributed by atoms with Gasteiger partial charge in [0.15, 0.2) is 0 Å². The van der Waals surface area contributed by atoms with Gasteiger partial charge in [0.05, 0.1) is 42.6 Å². The highest BCUT2D eigenvalue weighted by Gasteiger charge is 2.40. The molecule has 45 heavy (non-hydrogen) atoms. The highest BCUT2D eigenvalue weighted by molar-refractivity contribution is 7.89. The Morgan fingerprint density at radius 3 is 2.24 bits per heavy atom. The topological polar surface area (TPSA) is 189 Å². The number of nitrogens with zero attached hydrogens (tertiary/aromatic N) is 2. The van der Waals surface area contributed by atoms with E-state index in [0.29, 0.717) is 24.9 Å². The Hall–Kier alpha value is -2.79. The van der Waals surface area contributed by atoms with Gasteiger partial charge in [0.2, 0.25) is 20.0 Å². The first kappa shape index (κ1) is 36.7. The second kappa shape index (κ2) is 16.2. The van der Waals surface area contributed by atoms with Crippen LogP contribution >= 0.6 is 0 Å². The minimum absolute atomic E-state index is 0.0110. The molecule has 15 heteroatoms. The predicted octanol–water partition coefficient (Wildman–Crippen LogP) is 2.33. The molecule has 1 aliphatic rings. The van der Waals surface area contributed by atoms with Crippen molar-refractivity contribution in [2.45, 2.75) is 62.6 Å². The molecule has 1 heterocycles. The van der Waals surface area contributed by atoms with Crippen LogP contribution in [0.3, 0.4) is 0 Å². The number of nitrogens with one attached hydrogen (secondary N) is 1. The van der Waals surface area contributed by atoms with Crippen molar-refractivity contribution in [3.63, 3.8) is 0 Å². The molecule has 252 valence electrons. The van der Waals surface area contributed by atoms with E-state index >= 15 is 0 Å². The second-order valence-electron chi connectivity index (χ2n) is 12.2. The fourth-order valence-corrected chi connectivity index (χ4v) is 7.55. The van der Waals surface area contributed by atoms with Gasteiger partial charge in [-0.05, 0) is 54.5 Å². The number of anilines is 1. The van der Waals surface area contributed by atoms with Crippen molar-refractivity contribution in [3.05, 3.63) is 60.2 Å². The summed E-state index contributed by atoms with van der Waals surface area (Å²) in [6, 6.07) is 13.1. The summed E-state index contributed by atoms with van der Waals surface area (Å²) in [5.41, 5.74) is 6.38. The number of benzene rings is 2. The van der Waals surface area contributed by atoms with E-state index in [4.69, 9.17) is 15.2 Å². The molecule has 1 fully saturated rings. The van der Waals surface area contributed by atoms with Crippen LogP contribution < -0.4 is 10.5 Å². The Balaban J connectivity index is 1.92. The molecule has 1 saturated heterocycles. The van der Waals surface area contributed by atoms with Gasteiger partial charge in [0.25, 0.3) is 0 Å². The molecular weight excluding hydrogens is 624 g/mol. The Kier molecular flexibility index (Phi) is 13.2. The van der Waals surface area contributed by atoms with Crippen LogP contribution in [-0.2, 0) is 35.9 Å². The lowest BCUT2D eigenvalue weighted by Crippen LogP contribution is -2.59. The zero-order valence-electron chi connectivity index (χ0n) is 26.0. The van der Waals surface area contributed by atoms with Crippen LogP contribution in [0.2, 0.25) is 0 Å². The highest BCUT2D eigenvalue weighted by Crippen LogP contribution is 2.29. The van der Waals surface area contributed by atoms with E-state index in [2.05, 4.69) is 4.72 Å². The molecule has 1 aliphatic heterocycles. The van der Waals surface area contributed by atoms with Crippen molar-refractivity contribution in [2.24, 2.45) is 5.41 Å². The maximum absolute atomic E-state index is 14.1. The molecule has 0 aliphatic carbocycles. The lowest BCUT2D eigenvalue weighted by Gasteiger charge is -2.41. The third kappa shape index (κ3) is 11.5. The van der Waals surface area contributed by atoms with E-state index in [1.807, 2.05) is 44.2 Å². The molecular formula is C30H46N4O9S2. The molecule has 13 nitrogen and oxygen atoms in total. The van der Waals surface area contributed by atoms with E-state index in [9.17, 15) is 31.8 Å². The van der Waals surface area contributed by atoms with Crippen molar-refractivity contribution >= 4 is 31.8 Å². The normalized spacial score (nSPS) is 16.4. The molecule has 0 aromatic heterocycles. The van der Waals surface area contributed by atoms with Crippen LogP contribution in [-0.4, -0.2) is 106 Å². The van der Waals surface area contributed by atoms with Crippen molar-refractivity contribution < 1.29 is 41.3 Å². The molecule has 0 unspecified atom stereocenters. The van der Waals surface area contributed by atoms with E-state index in [1.54, 1.807) is 0 Å².